The molecule has 0 radical (unpaired) electrons. The van der Waals surface area contributed by atoms with Crippen molar-refractivity contribution in [3.63, 3.8) is 0 Å². The van der Waals surface area contributed by atoms with E-state index in [0.717, 1.165) is 0 Å². The van der Waals surface area contributed by atoms with Crippen molar-refractivity contribution < 1.29 is 27.5 Å². The third kappa shape index (κ3) is 1.52. The maximum atomic E-state index is 13.4. The molecule has 0 aromatic carbocycles. The van der Waals surface area contributed by atoms with Crippen molar-refractivity contribution in [3.8, 4) is 0 Å². The van der Waals surface area contributed by atoms with Crippen LogP contribution in [0.2, 0.25) is 0 Å². The molecule has 0 spiro atoms. The average molecular weight is 297 g/mol. The van der Waals surface area contributed by atoms with Crippen LogP contribution in [0.3, 0.4) is 0 Å². The smallest absolute Gasteiger partial charge is 0.409 e. The molecule has 0 amide bonds. The quantitative estimate of drug-likeness (QED) is 0.264. The molecule has 1 saturated carbocycles. The Balaban J connectivity index is 2.60. The van der Waals surface area contributed by atoms with Gasteiger partial charge in [-0.3, -0.25) is 4.79 Å². The van der Waals surface area contributed by atoms with Gasteiger partial charge >= 0.3 is 12.1 Å². The predicted molar refractivity (Wildman–Crippen MR) is 60.5 cm³/mol. The van der Waals surface area contributed by atoms with Crippen molar-refractivity contribution in [3.05, 3.63) is 12.2 Å². The Labute approximate surface area is 112 Å². The zero-order chi connectivity index (χ0) is 14.5. The number of hydrogen-bond donors (Lipinski definition) is 0. The normalized spacial score (nSPS) is 40.5. The van der Waals surface area contributed by atoms with Gasteiger partial charge in [0.15, 0.2) is 10.3 Å². The van der Waals surface area contributed by atoms with E-state index < -0.39 is 34.3 Å². The molecule has 2 bridgehead atoms. The first-order valence-electron chi connectivity index (χ1n) is 5.83. The van der Waals surface area contributed by atoms with Gasteiger partial charge in [0.25, 0.3) is 0 Å². The van der Waals surface area contributed by atoms with Gasteiger partial charge in [-0.25, -0.2) is 0 Å². The summed E-state index contributed by atoms with van der Waals surface area (Å²) >= 11 is 5.79. The molecule has 106 valence electrons. The van der Waals surface area contributed by atoms with Gasteiger partial charge in [0, 0.05) is 11.8 Å². The summed E-state index contributed by atoms with van der Waals surface area (Å²) in [5, 5.41) is 0. The number of carbonyl (C=O) groups is 2. The summed E-state index contributed by atoms with van der Waals surface area (Å²) in [4.78, 5) is 20.4. The summed E-state index contributed by atoms with van der Waals surface area (Å²) in [6, 6.07) is 0. The first-order valence-corrected chi connectivity index (χ1v) is 6.21. The number of esters is 1. The summed E-state index contributed by atoms with van der Waals surface area (Å²) in [6.45, 7) is 1.35. The molecule has 19 heavy (non-hydrogen) atoms. The highest BCUT2D eigenvalue weighted by Gasteiger charge is 2.80. The second kappa shape index (κ2) is 4.23. The number of alkyl halides is 4. The van der Waals surface area contributed by atoms with Crippen LogP contribution in [-0.4, -0.2) is 29.9 Å². The molecular formula is C12H12ClF3O3. The van der Waals surface area contributed by atoms with Gasteiger partial charge < -0.3 is 9.53 Å². The van der Waals surface area contributed by atoms with Crippen LogP contribution in [0, 0.1) is 17.3 Å². The molecule has 0 aromatic heterocycles. The molecule has 0 aromatic rings. The minimum absolute atomic E-state index is 0.0135. The lowest BCUT2D eigenvalue weighted by Gasteiger charge is -2.42. The van der Waals surface area contributed by atoms with Crippen molar-refractivity contribution >= 4 is 23.9 Å². The zero-order valence-electron chi connectivity index (χ0n) is 10.0. The van der Waals surface area contributed by atoms with Gasteiger partial charge in [-0.15, -0.1) is 11.6 Å². The van der Waals surface area contributed by atoms with Crippen LogP contribution < -0.4 is 0 Å². The van der Waals surface area contributed by atoms with E-state index in [1.807, 2.05) is 0 Å². The summed E-state index contributed by atoms with van der Waals surface area (Å²) in [5.74, 6) is -3.16. The summed E-state index contributed by atoms with van der Waals surface area (Å²) in [5.41, 5.74) is -2.39. The molecular weight excluding hydrogens is 285 g/mol. The number of carbonyl (C=O) groups excluding carboxylic acids is 2. The highest BCUT2D eigenvalue weighted by Crippen LogP contribution is 2.66. The fraction of sp³-hybridized carbons (Fsp3) is 0.667. The van der Waals surface area contributed by atoms with Gasteiger partial charge in [-0.2, -0.15) is 13.2 Å². The molecule has 4 atom stereocenters. The molecule has 2 aliphatic carbocycles. The van der Waals surface area contributed by atoms with E-state index in [0.29, 0.717) is 0 Å². The molecule has 4 unspecified atom stereocenters. The first kappa shape index (κ1) is 14.4. The Hall–Kier alpha value is -1.04. The van der Waals surface area contributed by atoms with Crippen molar-refractivity contribution in [1.29, 1.82) is 0 Å². The van der Waals surface area contributed by atoms with E-state index in [-0.39, 0.29) is 19.3 Å². The first-order chi connectivity index (χ1) is 8.75. The van der Waals surface area contributed by atoms with Crippen LogP contribution in [0.25, 0.3) is 0 Å². The molecule has 3 nitrogen and oxygen atoms in total. The summed E-state index contributed by atoms with van der Waals surface area (Å²) in [7, 11) is 0. The Morgan fingerprint density at radius 2 is 2.05 bits per heavy atom. The fourth-order valence-corrected chi connectivity index (χ4v) is 3.55. The maximum absolute atomic E-state index is 13.4. The van der Waals surface area contributed by atoms with E-state index in [9.17, 15) is 22.8 Å². The number of fused-ring (bicyclic) bond motifs is 2. The maximum Gasteiger partial charge on any atom is 0.409 e. The highest BCUT2D eigenvalue weighted by atomic mass is 35.5. The monoisotopic (exact) mass is 296 g/mol. The Morgan fingerprint density at radius 3 is 2.53 bits per heavy atom. The van der Waals surface area contributed by atoms with Crippen LogP contribution in [0.5, 0.6) is 0 Å². The Morgan fingerprint density at radius 1 is 1.47 bits per heavy atom. The topological polar surface area (TPSA) is 43.4 Å². The van der Waals surface area contributed by atoms with Gasteiger partial charge in [0.05, 0.1) is 6.61 Å². The van der Waals surface area contributed by atoms with Gasteiger partial charge in [-0.05, 0) is 13.3 Å². The lowest BCUT2D eigenvalue weighted by molar-refractivity contribution is -0.205. The Kier molecular flexibility index (Phi) is 3.20. The number of halogens is 4. The van der Waals surface area contributed by atoms with Crippen LogP contribution in [0.15, 0.2) is 12.2 Å². The van der Waals surface area contributed by atoms with Crippen LogP contribution in [0.4, 0.5) is 13.2 Å². The van der Waals surface area contributed by atoms with E-state index in [1.165, 1.54) is 19.1 Å². The lowest BCUT2D eigenvalue weighted by atomic mass is 9.68. The second-order valence-electron chi connectivity index (χ2n) is 4.75. The Bertz CT molecular complexity index is 448. The number of rotatable bonds is 3. The second-order valence-corrected chi connectivity index (χ2v) is 5.35. The summed E-state index contributed by atoms with van der Waals surface area (Å²) < 4.78 is 44.7. The zero-order valence-corrected chi connectivity index (χ0v) is 10.8. The largest absolute Gasteiger partial charge is 0.465 e. The number of ether oxygens (including phenoxy) is 1. The molecule has 7 heteroatoms. The van der Waals surface area contributed by atoms with E-state index in [1.54, 1.807) is 0 Å². The molecule has 0 N–H and O–H groups in total. The van der Waals surface area contributed by atoms with Gasteiger partial charge in [-0.1, -0.05) is 12.2 Å². The average Bonchev–Trinajstić information content (AvgIpc) is 2.87. The predicted octanol–water partition coefficient (Wildman–Crippen LogP) is 2.48. The minimum Gasteiger partial charge on any atom is -0.465 e. The van der Waals surface area contributed by atoms with Crippen molar-refractivity contribution in [2.45, 2.75) is 24.4 Å². The molecule has 1 fully saturated rings. The van der Waals surface area contributed by atoms with Crippen LogP contribution in [-0.2, 0) is 14.3 Å². The minimum atomic E-state index is -4.88. The molecule has 0 heterocycles. The van der Waals surface area contributed by atoms with E-state index in [2.05, 4.69) is 4.74 Å². The molecule has 2 rings (SSSR count). The van der Waals surface area contributed by atoms with Gasteiger partial charge in [0.1, 0.15) is 6.29 Å². The molecule has 2 aliphatic rings. The van der Waals surface area contributed by atoms with Crippen molar-refractivity contribution in [2.75, 3.05) is 6.61 Å². The highest BCUT2D eigenvalue weighted by molar-refractivity contribution is 6.29. The van der Waals surface area contributed by atoms with E-state index in [4.69, 9.17) is 11.6 Å². The lowest BCUT2D eigenvalue weighted by Crippen LogP contribution is -2.61. The fourth-order valence-electron chi connectivity index (χ4n) is 3.12. The standard InChI is InChI=1S/C12H12ClF3O3/c1-2-19-9(18)10(6-17)7-3-4-8(5-7)11(10,13)12(14,15)16/h3-4,6-8H,2,5H2,1H3. The van der Waals surface area contributed by atoms with Crippen LogP contribution in [0.1, 0.15) is 13.3 Å². The molecule has 0 saturated heterocycles. The third-order valence-electron chi connectivity index (χ3n) is 3.99. The SMILES string of the molecule is CCOC(=O)C1(C=O)C2C=CC(C2)C1(Cl)C(F)(F)F. The van der Waals surface area contributed by atoms with Gasteiger partial charge in [0.2, 0.25) is 0 Å². The van der Waals surface area contributed by atoms with Crippen molar-refractivity contribution in [1.82, 2.24) is 0 Å². The summed E-state index contributed by atoms with van der Waals surface area (Å²) in [6.07, 6.45) is -2.07. The third-order valence-corrected chi connectivity index (χ3v) is 4.80. The number of aldehydes is 1. The van der Waals surface area contributed by atoms with E-state index >= 15 is 0 Å². The molecule has 0 aliphatic heterocycles. The number of hydrogen-bond acceptors (Lipinski definition) is 3. The van der Waals surface area contributed by atoms with Crippen LogP contribution >= 0.6 is 11.6 Å². The van der Waals surface area contributed by atoms with Crippen molar-refractivity contribution in [2.24, 2.45) is 17.3 Å². The number of allylic oxidation sites excluding steroid dienone is 2.